The first-order valence-electron chi connectivity index (χ1n) is 8.69. The predicted octanol–water partition coefficient (Wildman–Crippen LogP) is 3.04. The molecule has 1 saturated heterocycles. The Hall–Kier alpha value is -1.82. The quantitative estimate of drug-likeness (QED) is 0.744. The SMILES string of the molecule is COC=BC1(COCc2ccccc2)CCCN1C(=O)OC(C)(C)C. The second kappa shape index (κ2) is 8.52. The minimum absolute atomic E-state index is 0.311. The van der Waals surface area contributed by atoms with Crippen LogP contribution in [0.25, 0.3) is 0 Å². The van der Waals surface area contributed by atoms with Crippen LogP contribution in [0.2, 0.25) is 0 Å². The van der Waals surface area contributed by atoms with E-state index in [1.807, 2.05) is 58.0 Å². The Balaban J connectivity index is 2.09. The van der Waals surface area contributed by atoms with Gasteiger partial charge >= 0.3 is 150 Å². The molecule has 0 saturated carbocycles. The Kier molecular flexibility index (Phi) is 6.65. The van der Waals surface area contributed by atoms with Gasteiger partial charge in [0.2, 0.25) is 0 Å². The van der Waals surface area contributed by atoms with Crippen LogP contribution in [0.3, 0.4) is 0 Å². The van der Waals surface area contributed by atoms with Crippen LogP contribution in [0.1, 0.15) is 39.2 Å². The average molecular weight is 345 g/mol. The number of amides is 1. The van der Waals surface area contributed by atoms with Crippen molar-refractivity contribution in [1.82, 2.24) is 4.90 Å². The third kappa shape index (κ3) is 5.60. The van der Waals surface area contributed by atoms with Gasteiger partial charge in [0.15, 0.2) is 0 Å². The third-order valence-electron chi connectivity index (χ3n) is 4.12. The first kappa shape index (κ1) is 19.5. The summed E-state index contributed by atoms with van der Waals surface area (Å²) in [6.45, 7) is 9.10. The Morgan fingerprint density at radius 3 is 2.68 bits per heavy atom. The monoisotopic (exact) mass is 345 g/mol. The van der Waals surface area contributed by atoms with E-state index in [4.69, 9.17) is 14.2 Å². The van der Waals surface area contributed by atoms with E-state index < -0.39 is 11.0 Å². The number of nitrogens with zero attached hydrogens (tertiary/aromatic N) is 1. The van der Waals surface area contributed by atoms with Crippen LogP contribution in [-0.2, 0) is 20.8 Å². The predicted molar refractivity (Wildman–Crippen MR) is 99.8 cm³/mol. The van der Waals surface area contributed by atoms with E-state index in [1.54, 1.807) is 18.2 Å². The molecule has 0 spiro atoms. The van der Waals surface area contributed by atoms with Crippen LogP contribution in [0.15, 0.2) is 30.3 Å². The van der Waals surface area contributed by atoms with Gasteiger partial charge in [0.25, 0.3) is 0 Å². The molecular weight excluding hydrogens is 317 g/mol. The molecule has 1 amide bonds. The van der Waals surface area contributed by atoms with Crippen molar-refractivity contribution in [2.24, 2.45) is 0 Å². The maximum absolute atomic E-state index is 12.6. The fraction of sp³-hybridized carbons (Fsp3) is 0.579. The number of likely N-dealkylation sites (tertiary alicyclic amines) is 1. The van der Waals surface area contributed by atoms with Crippen LogP contribution in [0, 0.1) is 0 Å². The third-order valence-corrected chi connectivity index (χ3v) is 4.12. The first-order chi connectivity index (χ1) is 11.9. The number of benzene rings is 1. The summed E-state index contributed by atoms with van der Waals surface area (Å²) in [6.07, 6.45) is 3.03. The second-order valence-electron chi connectivity index (χ2n) is 7.36. The summed E-state index contributed by atoms with van der Waals surface area (Å²) in [5, 5.41) is 0. The van der Waals surface area contributed by atoms with Crippen molar-refractivity contribution in [2.75, 3.05) is 20.3 Å². The number of rotatable bonds is 6. The van der Waals surface area contributed by atoms with E-state index >= 15 is 0 Å². The number of hydrogen-bond donors (Lipinski definition) is 0. The van der Waals surface area contributed by atoms with Gasteiger partial charge in [-0.25, -0.2) is 0 Å². The fourth-order valence-electron chi connectivity index (χ4n) is 2.98. The summed E-state index contributed by atoms with van der Waals surface area (Å²) < 4.78 is 16.6. The van der Waals surface area contributed by atoms with Crippen molar-refractivity contribution >= 4 is 19.2 Å². The van der Waals surface area contributed by atoms with Crippen molar-refractivity contribution in [1.29, 1.82) is 0 Å². The first-order valence-corrected chi connectivity index (χ1v) is 8.69. The number of ether oxygens (including phenoxy) is 3. The molecule has 1 heterocycles. The van der Waals surface area contributed by atoms with Gasteiger partial charge in [-0.1, -0.05) is 0 Å². The van der Waals surface area contributed by atoms with E-state index in [1.165, 1.54) is 0 Å². The van der Waals surface area contributed by atoms with Gasteiger partial charge in [-0.05, 0) is 0 Å². The Labute approximate surface area is 151 Å². The number of carbonyl (C=O) groups is 1. The van der Waals surface area contributed by atoms with Crippen LogP contribution in [0.5, 0.6) is 0 Å². The zero-order valence-electron chi connectivity index (χ0n) is 15.7. The zero-order valence-corrected chi connectivity index (χ0v) is 15.7. The van der Waals surface area contributed by atoms with E-state index in [2.05, 4.69) is 0 Å². The van der Waals surface area contributed by atoms with Crippen LogP contribution >= 0.6 is 0 Å². The number of hydrogen-bond acceptors (Lipinski definition) is 4. The molecule has 1 unspecified atom stereocenters. The molecule has 1 fully saturated rings. The van der Waals surface area contributed by atoms with Gasteiger partial charge in [0.05, 0.1) is 0 Å². The van der Waals surface area contributed by atoms with Gasteiger partial charge < -0.3 is 0 Å². The molecule has 25 heavy (non-hydrogen) atoms. The standard InChI is InChI=1S/C19H28BNO4/c1-18(2,3)25-17(22)21-12-8-11-19(21,20-15-23-4)14-24-13-16-9-6-5-7-10-16/h5-7,9-10,15H,8,11-14H2,1-4H3. The summed E-state index contributed by atoms with van der Waals surface area (Å²) in [7, 11) is 1.60. The molecule has 2 rings (SSSR count). The Morgan fingerprint density at radius 1 is 1.32 bits per heavy atom. The summed E-state index contributed by atoms with van der Waals surface area (Å²) >= 11 is 0. The van der Waals surface area contributed by atoms with Gasteiger partial charge in [0, 0.05) is 0 Å². The molecular formula is C19H28BNO4. The molecule has 1 aliphatic heterocycles. The molecule has 136 valence electrons. The van der Waals surface area contributed by atoms with Crippen LogP contribution < -0.4 is 0 Å². The molecule has 0 aromatic heterocycles. The van der Waals surface area contributed by atoms with Crippen LogP contribution in [0.4, 0.5) is 4.79 Å². The van der Waals surface area contributed by atoms with E-state index in [-0.39, 0.29) is 6.09 Å². The van der Waals surface area contributed by atoms with E-state index in [0.29, 0.717) is 19.8 Å². The molecule has 1 atom stereocenters. The summed E-state index contributed by atoms with van der Waals surface area (Å²) in [4.78, 5) is 14.4. The van der Waals surface area contributed by atoms with E-state index in [0.717, 1.165) is 18.4 Å². The fourth-order valence-corrected chi connectivity index (χ4v) is 2.98. The molecule has 6 heteroatoms. The zero-order chi connectivity index (χ0) is 18.3. The van der Waals surface area contributed by atoms with E-state index in [9.17, 15) is 4.79 Å². The minimum atomic E-state index is -0.535. The summed E-state index contributed by atoms with van der Waals surface area (Å²) in [6, 6.07) is 10.0. The van der Waals surface area contributed by atoms with Gasteiger partial charge in [-0.2, -0.15) is 0 Å². The Bertz CT molecular complexity index is 585. The van der Waals surface area contributed by atoms with Crippen molar-refractivity contribution in [3.8, 4) is 0 Å². The molecule has 5 nitrogen and oxygen atoms in total. The normalized spacial score (nSPS) is 20.6. The molecule has 0 radical (unpaired) electrons. The Morgan fingerprint density at radius 2 is 2.04 bits per heavy atom. The summed E-state index contributed by atoms with van der Waals surface area (Å²) in [5.41, 5.74) is 0.0455. The molecule has 1 aliphatic rings. The second-order valence-corrected chi connectivity index (χ2v) is 7.36. The molecule has 0 N–H and O–H groups in total. The van der Waals surface area contributed by atoms with Gasteiger partial charge in [-0.15, -0.1) is 0 Å². The molecule has 1 aromatic carbocycles. The van der Waals surface area contributed by atoms with Gasteiger partial charge in [-0.3, -0.25) is 0 Å². The topological polar surface area (TPSA) is 48.0 Å². The number of methoxy groups -OCH3 is 1. The van der Waals surface area contributed by atoms with Gasteiger partial charge in [0.1, 0.15) is 0 Å². The molecule has 0 bridgehead atoms. The molecule has 1 aromatic rings. The van der Waals surface area contributed by atoms with Crippen molar-refractivity contribution < 1.29 is 19.0 Å². The summed E-state index contributed by atoms with van der Waals surface area (Å²) in [5.74, 6) is 0. The van der Waals surface area contributed by atoms with Crippen molar-refractivity contribution in [3.05, 3.63) is 35.9 Å². The number of carbonyl (C=O) groups excluding carboxylic acids is 1. The van der Waals surface area contributed by atoms with Crippen LogP contribution in [-0.4, -0.2) is 55.4 Å². The van der Waals surface area contributed by atoms with Crippen molar-refractivity contribution in [3.63, 3.8) is 0 Å². The average Bonchev–Trinajstić information content (AvgIpc) is 2.97. The van der Waals surface area contributed by atoms with Crippen molar-refractivity contribution in [2.45, 2.75) is 51.3 Å². The maximum atomic E-state index is 12.6. The molecule has 0 aliphatic carbocycles.